The molecule has 0 bridgehead atoms. The van der Waals surface area contributed by atoms with Crippen molar-refractivity contribution in [3.63, 3.8) is 0 Å². The van der Waals surface area contributed by atoms with Crippen LogP contribution in [-0.4, -0.2) is 25.7 Å². The Hall–Kier alpha value is -2.20. The van der Waals surface area contributed by atoms with Gasteiger partial charge in [0.15, 0.2) is 11.5 Å². The predicted octanol–water partition coefficient (Wildman–Crippen LogP) is 4.04. The van der Waals surface area contributed by atoms with Crippen molar-refractivity contribution in [1.82, 2.24) is 5.32 Å². The number of hydrogen-bond donors (Lipinski definition) is 1. The van der Waals surface area contributed by atoms with E-state index in [1.807, 2.05) is 44.2 Å². The second-order valence-corrected chi connectivity index (χ2v) is 5.99. The molecule has 0 unspecified atom stereocenters. The molecular formula is C20H24ClNO3. The molecule has 0 spiro atoms. The van der Waals surface area contributed by atoms with Crippen LogP contribution in [0.15, 0.2) is 42.5 Å². The van der Waals surface area contributed by atoms with Gasteiger partial charge in [0, 0.05) is 11.6 Å². The molecule has 134 valence electrons. The Labute approximate surface area is 154 Å². The van der Waals surface area contributed by atoms with Crippen molar-refractivity contribution in [2.45, 2.75) is 26.7 Å². The first-order chi connectivity index (χ1) is 12.1. The van der Waals surface area contributed by atoms with E-state index in [2.05, 4.69) is 5.32 Å². The molecule has 0 radical (unpaired) electrons. The molecule has 1 amide bonds. The average Bonchev–Trinajstić information content (AvgIpc) is 2.59. The number of amides is 1. The molecule has 2 aromatic rings. The maximum absolute atomic E-state index is 12.0. The molecule has 0 aromatic heterocycles. The summed E-state index contributed by atoms with van der Waals surface area (Å²) in [6, 6.07) is 13.2. The third-order valence-electron chi connectivity index (χ3n) is 3.62. The zero-order valence-corrected chi connectivity index (χ0v) is 15.4. The van der Waals surface area contributed by atoms with Gasteiger partial charge in [-0.25, -0.2) is 0 Å². The third kappa shape index (κ3) is 6.31. The second-order valence-electron chi connectivity index (χ2n) is 5.55. The first-order valence-corrected chi connectivity index (χ1v) is 8.89. The summed E-state index contributed by atoms with van der Waals surface area (Å²) >= 11 is 5.85. The molecule has 0 saturated heterocycles. The molecule has 0 atom stereocenters. The summed E-state index contributed by atoms with van der Waals surface area (Å²) in [4.78, 5) is 12.0. The van der Waals surface area contributed by atoms with E-state index in [1.54, 1.807) is 12.1 Å². The van der Waals surface area contributed by atoms with E-state index < -0.39 is 0 Å². The van der Waals surface area contributed by atoms with Gasteiger partial charge in [-0.2, -0.15) is 0 Å². The van der Waals surface area contributed by atoms with Crippen molar-refractivity contribution in [2.24, 2.45) is 0 Å². The van der Waals surface area contributed by atoms with Gasteiger partial charge in [0.05, 0.1) is 19.6 Å². The highest BCUT2D eigenvalue weighted by molar-refractivity contribution is 6.30. The number of benzene rings is 2. The van der Waals surface area contributed by atoms with E-state index in [4.69, 9.17) is 21.1 Å². The van der Waals surface area contributed by atoms with Crippen LogP contribution in [0.3, 0.4) is 0 Å². The number of nitrogens with one attached hydrogen (secondary N) is 1. The number of carbonyl (C=O) groups is 1. The zero-order chi connectivity index (χ0) is 18.1. The lowest BCUT2D eigenvalue weighted by molar-refractivity contribution is -0.120. The van der Waals surface area contributed by atoms with E-state index in [-0.39, 0.29) is 5.91 Å². The molecular weight excluding hydrogens is 338 g/mol. The van der Waals surface area contributed by atoms with Crippen molar-refractivity contribution in [2.75, 3.05) is 19.8 Å². The van der Waals surface area contributed by atoms with Crippen LogP contribution in [0.5, 0.6) is 11.5 Å². The topological polar surface area (TPSA) is 47.6 Å². The molecule has 4 nitrogen and oxygen atoms in total. The van der Waals surface area contributed by atoms with E-state index in [1.165, 1.54) is 0 Å². The van der Waals surface area contributed by atoms with Crippen LogP contribution in [0, 0.1) is 0 Å². The Kier molecular flexibility index (Phi) is 7.61. The van der Waals surface area contributed by atoms with Crippen LogP contribution in [-0.2, 0) is 17.6 Å². The lowest BCUT2D eigenvalue weighted by Crippen LogP contribution is -2.27. The summed E-state index contributed by atoms with van der Waals surface area (Å²) in [6.45, 7) is 5.65. The van der Waals surface area contributed by atoms with Crippen LogP contribution in [0.2, 0.25) is 5.02 Å². The fourth-order valence-electron chi connectivity index (χ4n) is 2.45. The van der Waals surface area contributed by atoms with E-state index in [9.17, 15) is 4.79 Å². The summed E-state index contributed by atoms with van der Waals surface area (Å²) in [6.07, 6.45) is 1.09. The highest BCUT2D eigenvalue weighted by Gasteiger charge is 2.07. The molecule has 5 heteroatoms. The van der Waals surface area contributed by atoms with Gasteiger partial charge in [-0.05, 0) is 55.7 Å². The summed E-state index contributed by atoms with van der Waals surface area (Å²) < 4.78 is 11.2. The van der Waals surface area contributed by atoms with Crippen LogP contribution in [0.4, 0.5) is 0 Å². The van der Waals surface area contributed by atoms with Crippen molar-refractivity contribution < 1.29 is 14.3 Å². The van der Waals surface area contributed by atoms with Gasteiger partial charge in [0.25, 0.3) is 0 Å². The zero-order valence-electron chi connectivity index (χ0n) is 14.7. The van der Waals surface area contributed by atoms with Gasteiger partial charge in [0.1, 0.15) is 0 Å². The quantitative estimate of drug-likeness (QED) is 0.733. The number of carbonyl (C=O) groups excluding carboxylic acids is 1. The maximum atomic E-state index is 12.0. The highest BCUT2D eigenvalue weighted by Crippen LogP contribution is 2.28. The highest BCUT2D eigenvalue weighted by atomic mass is 35.5. The van der Waals surface area contributed by atoms with Crippen LogP contribution >= 0.6 is 11.6 Å². The number of hydrogen-bond acceptors (Lipinski definition) is 3. The van der Waals surface area contributed by atoms with Gasteiger partial charge in [0.2, 0.25) is 5.91 Å². The average molecular weight is 362 g/mol. The smallest absolute Gasteiger partial charge is 0.224 e. The summed E-state index contributed by atoms with van der Waals surface area (Å²) in [5, 5.41) is 3.61. The molecule has 2 rings (SSSR count). The van der Waals surface area contributed by atoms with E-state index in [0.29, 0.717) is 31.2 Å². The number of halogens is 1. The Bertz CT molecular complexity index is 686. The fourth-order valence-corrected chi connectivity index (χ4v) is 2.57. The lowest BCUT2D eigenvalue weighted by Gasteiger charge is -2.12. The predicted molar refractivity (Wildman–Crippen MR) is 101 cm³/mol. The van der Waals surface area contributed by atoms with Crippen molar-refractivity contribution >= 4 is 17.5 Å². The Morgan fingerprint density at radius 1 is 0.960 bits per heavy atom. The minimum absolute atomic E-state index is 0.00158. The Morgan fingerprint density at radius 2 is 1.60 bits per heavy atom. The standard InChI is InChI=1S/C20H24ClNO3/c1-3-24-18-10-7-16(13-19(18)25-4-2)11-12-22-20(23)14-15-5-8-17(21)9-6-15/h5-10,13H,3-4,11-12,14H2,1-2H3,(H,22,23). The molecule has 0 aliphatic rings. The van der Waals surface area contributed by atoms with E-state index >= 15 is 0 Å². The summed E-state index contributed by atoms with van der Waals surface area (Å²) in [7, 11) is 0. The molecule has 2 aromatic carbocycles. The van der Waals surface area contributed by atoms with Crippen LogP contribution < -0.4 is 14.8 Å². The van der Waals surface area contributed by atoms with Crippen molar-refractivity contribution in [1.29, 1.82) is 0 Å². The molecule has 0 fully saturated rings. The maximum Gasteiger partial charge on any atom is 0.224 e. The minimum Gasteiger partial charge on any atom is -0.490 e. The van der Waals surface area contributed by atoms with Gasteiger partial charge in [-0.3, -0.25) is 4.79 Å². The first-order valence-electron chi connectivity index (χ1n) is 8.52. The monoisotopic (exact) mass is 361 g/mol. The largest absolute Gasteiger partial charge is 0.490 e. The second kappa shape index (κ2) is 9.94. The summed E-state index contributed by atoms with van der Waals surface area (Å²) in [5.41, 5.74) is 2.04. The van der Waals surface area contributed by atoms with E-state index in [0.717, 1.165) is 29.0 Å². The molecule has 0 aliphatic carbocycles. The van der Waals surface area contributed by atoms with Crippen LogP contribution in [0.1, 0.15) is 25.0 Å². The molecule has 0 saturated carbocycles. The Balaban J connectivity index is 1.85. The van der Waals surface area contributed by atoms with Gasteiger partial charge >= 0.3 is 0 Å². The van der Waals surface area contributed by atoms with Crippen molar-refractivity contribution in [3.8, 4) is 11.5 Å². The molecule has 0 heterocycles. The minimum atomic E-state index is -0.00158. The lowest BCUT2D eigenvalue weighted by atomic mass is 10.1. The Morgan fingerprint density at radius 3 is 2.28 bits per heavy atom. The van der Waals surface area contributed by atoms with Gasteiger partial charge in [-0.15, -0.1) is 0 Å². The SMILES string of the molecule is CCOc1ccc(CCNC(=O)Cc2ccc(Cl)cc2)cc1OCC. The van der Waals surface area contributed by atoms with Gasteiger partial charge in [-0.1, -0.05) is 29.8 Å². The van der Waals surface area contributed by atoms with Crippen molar-refractivity contribution in [3.05, 3.63) is 58.6 Å². The van der Waals surface area contributed by atoms with Gasteiger partial charge < -0.3 is 14.8 Å². The van der Waals surface area contributed by atoms with Crippen LogP contribution in [0.25, 0.3) is 0 Å². The number of rotatable bonds is 9. The third-order valence-corrected chi connectivity index (χ3v) is 3.87. The normalized spacial score (nSPS) is 10.4. The molecule has 25 heavy (non-hydrogen) atoms. The number of ether oxygens (including phenoxy) is 2. The molecule has 1 N–H and O–H groups in total. The molecule has 0 aliphatic heterocycles. The fraction of sp³-hybridized carbons (Fsp3) is 0.350. The summed E-state index contributed by atoms with van der Waals surface area (Å²) in [5.74, 6) is 1.49. The first kappa shape index (κ1) is 19.1.